The summed E-state index contributed by atoms with van der Waals surface area (Å²) in [6.45, 7) is 4.25. The molecule has 1 fully saturated rings. The highest BCUT2D eigenvalue weighted by atomic mass is 16.3. The summed E-state index contributed by atoms with van der Waals surface area (Å²) >= 11 is 0. The molecule has 2 heterocycles. The van der Waals surface area contributed by atoms with E-state index in [2.05, 4.69) is 20.5 Å². The Labute approximate surface area is 135 Å². The lowest BCUT2D eigenvalue weighted by atomic mass is 10.0. The molecule has 0 radical (unpaired) electrons. The molecule has 1 aliphatic rings. The number of nitrogens with zero attached hydrogens (tertiary/aromatic N) is 3. The van der Waals surface area contributed by atoms with E-state index in [-0.39, 0.29) is 17.7 Å². The number of carbonyl (C=O) groups is 1. The van der Waals surface area contributed by atoms with Gasteiger partial charge in [-0.3, -0.25) is 9.89 Å². The lowest BCUT2D eigenvalue weighted by Gasteiger charge is -2.15. The molecule has 124 valence electrons. The average Bonchev–Trinajstić information content (AvgIpc) is 3.18. The third-order valence-corrected chi connectivity index (χ3v) is 4.79. The van der Waals surface area contributed by atoms with Gasteiger partial charge in [0.05, 0.1) is 11.7 Å². The summed E-state index contributed by atoms with van der Waals surface area (Å²) in [5.74, 6) is 1.63. The van der Waals surface area contributed by atoms with Gasteiger partial charge in [0.1, 0.15) is 5.82 Å². The molecule has 1 saturated carbocycles. The number of hydrogen-bond donors (Lipinski definition) is 3. The first-order valence-electron chi connectivity index (χ1n) is 7.92. The quantitative estimate of drug-likeness (QED) is 0.785. The van der Waals surface area contributed by atoms with Crippen LogP contribution in [0.3, 0.4) is 0 Å². The van der Waals surface area contributed by atoms with Crippen molar-refractivity contribution in [3.63, 3.8) is 0 Å². The number of aliphatic hydroxyl groups is 1. The molecular weight excluding hydrogens is 294 g/mol. The monoisotopic (exact) mass is 317 g/mol. The van der Waals surface area contributed by atoms with E-state index in [1.54, 1.807) is 0 Å². The molecule has 7 nitrogen and oxygen atoms in total. The van der Waals surface area contributed by atoms with Crippen LogP contribution in [0.4, 0.5) is 0 Å². The Bertz CT molecular complexity index is 705. The zero-order valence-corrected chi connectivity index (χ0v) is 13.7. The molecule has 0 spiro atoms. The zero-order chi connectivity index (χ0) is 16.6. The number of aliphatic hydroxyl groups excluding tert-OH is 1. The van der Waals surface area contributed by atoms with E-state index in [1.807, 2.05) is 37.7 Å². The summed E-state index contributed by atoms with van der Waals surface area (Å²) in [5.41, 5.74) is 1.62. The number of nitrogens with one attached hydrogen (secondary N) is 2. The van der Waals surface area contributed by atoms with Crippen LogP contribution in [0.15, 0.2) is 12.3 Å². The number of aromatic nitrogens is 4. The van der Waals surface area contributed by atoms with Crippen LogP contribution < -0.4 is 5.32 Å². The van der Waals surface area contributed by atoms with Crippen LogP contribution in [0, 0.1) is 19.8 Å². The first-order valence-corrected chi connectivity index (χ1v) is 7.92. The summed E-state index contributed by atoms with van der Waals surface area (Å²) in [5, 5.41) is 20.2. The molecular formula is C16H23N5O2. The van der Waals surface area contributed by atoms with Crippen LogP contribution >= 0.6 is 0 Å². The van der Waals surface area contributed by atoms with Gasteiger partial charge in [-0.05, 0) is 32.8 Å². The van der Waals surface area contributed by atoms with Crippen molar-refractivity contribution in [3.8, 4) is 0 Å². The summed E-state index contributed by atoms with van der Waals surface area (Å²) in [7, 11) is 1.91. The minimum atomic E-state index is -0.434. The van der Waals surface area contributed by atoms with Gasteiger partial charge in [0, 0.05) is 37.3 Å². The topological polar surface area (TPSA) is 95.8 Å². The normalized spacial score (nSPS) is 24.1. The fourth-order valence-electron chi connectivity index (χ4n) is 3.24. The van der Waals surface area contributed by atoms with E-state index in [1.165, 1.54) is 0 Å². The van der Waals surface area contributed by atoms with Gasteiger partial charge in [-0.15, -0.1) is 0 Å². The minimum absolute atomic E-state index is 0.0341. The second-order valence-electron chi connectivity index (χ2n) is 6.41. The van der Waals surface area contributed by atoms with E-state index in [9.17, 15) is 9.90 Å². The average molecular weight is 317 g/mol. The standard InChI is InChI=1S/C16H23N5O2/c1-9-13(4-5-21(9)3)16(23)17-8-12-6-11(7-14(12)22)15-18-10(2)19-20-15/h4-5,11-12,14,22H,6-8H2,1-3H3,(H,17,23)(H,18,19,20)/t11-,12+,14+/m0/s1. The Morgan fingerprint density at radius 2 is 2.26 bits per heavy atom. The number of hydrogen-bond acceptors (Lipinski definition) is 4. The van der Waals surface area contributed by atoms with Crippen LogP contribution in [-0.4, -0.2) is 43.4 Å². The van der Waals surface area contributed by atoms with Gasteiger partial charge in [0.25, 0.3) is 5.91 Å². The number of aryl methyl sites for hydroxylation is 2. The Balaban J connectivity index is 1.58. The second-order valence-corrected chi connectivity index (χ2v) is 6.41. The predicted molar refractivity (Wildman–Crippen MR) is 85.1 cm³/mol. The Hall–Kier alpha value is -2.15. The lowest BCUT2D eigenvalue weighted by molar-refractivity contribution is 0.0916. The number of aromatic amines is 1. The number of carbonyl (C=O) groups excluding carboxylic acids is 1. The molecule has 1 amide bonds. The maximum absolute atomic E-state index is 12.3. The second kappa shape index (κ2) is 6.16. The lowest BCUT2D eigenvalue weighted by Crippen LogP contribution is -2.32. The molecule has 3 rings (SSSR count). The smallest absolute Gasteiger partial charge is 0.253 e. The molecule has 0 aliphatic heterocycles. The van der Waals surface area contributed by atoms with Crippen molar-refractivity contribution < 1.29 is 9.90 Å². The highest BCUT2D eigenvalue weighted by Gasteiger charge is 2.35. The maximum Gasteiger partial charge on any atom is 0.253 e. The summed E-state index contributed by atoms with van der Waals surface area (Å²) in [6, 6.07) is 1.81. The highest BCUT2D eigenvalue weighted by Crippen LogP contribution is 2.36. The fourth-order valence-corrected chi connectivity index (χ4v) is 3.24. The van der Waals surface area contributed by atoms with Crippen molar-refractivity contribution in [2.45, 2.75) is 38.7 Å². The van der Waals surface area contributed by atoms with Gasteiger partial charge in [-0.2, -0.15) is 5.10 Å². The minimum Gasteiger partial charge on any atom is -0.393 e. The van der Waals surface area contributed by atoms with Gasteiger partial charge in [0.2, 0.25) is 0 Å². The van der Waals surface area contributed by atoms with E-state index in [0.717, 1.165) is 23.8 Å². The Morgan fingerprint density at radius 3 is 2.87 bits per heavy atom. The van der Waals surface area contributed by atoms with Crippen LogP contribution in [0.5, 0.6) is 0 Å². The van der Waals surface area contributed by atoms with E-state index < -0.39 is 6.10 Å². The van der Waals surface area contributed by atoms with Crippen LogP contribution in [-0.2, 0) is 7.05 Å². The number of H-pyrrole nitrogens is 1. The van der Waals surface area contributed by atoms with Gasteiger partial charge in [-0.25, -0.2) is 4.98 Å². The SMILES string of the molecule is Cc1nc([C@H]2C[C@H](CNC(=O)c3ccn(C)c3C)[C@H](O)C2)n[nH]1. The van der Waals surface area contributed by atoms with Crippen LogP contribution in [0.1, 0.15) is 46.5 Å². The number of amides is 1. The van der Waals surface area contributed by atoms with E-state index >= 15 is 0 Å². The van der Waals surface area contributed by atoms with Crippen molar-refractivity contribution in [2.24, 2.45) is 13.0 Å². The molecule has 23 heavy (non-hydrogen) atoms. The van der Waals surface area contributed by atoms with Crippen molar-refractivity contribution in [1.82, 2.24) is 25.1 Å². The van der Waals surface area contributed by atoms with Gasteiger partial charge >= 0.3 is 0 Å². The zero-order valence-electron chi connectivity index (χ0n) is 13.7. The molecule has 2 aromatic rings. The highest BCUT2D eigenvalue weighted by molar-refractivity contribution is 5.95. The first-order chi connectivity index (χ1) is 11.0. The van der Waals surface area contributed by atoms with Crippen molar-refractivity contribution in [2.75, 3.05) is 6.54 Å². The van der Waals surface area contributed by atoms with E-state index in [4.69, 9.17) is 0 Å². The van der Waals surface area contributed by atoms with Crippen LogP contribution in [0.25, 0.3) is 0 Å². The summed E-state index contributed by atoms with van der Waals surface area (Å²) in [6.07, 6.45) is 2.86. The van der Waals surface area contributed by atoms with Crippen molar-refractivity contribution in [3.05, 3.63) is 35.2 Å². The molecule has 0 unspecified atom stereocenters. The number of rotatable bonds is 4. The predicted octanol–water partition coefficient (Wildman–Crippen LogP) is 1.04. The van der Waals surface area contributed by atoms with Crippen LogP contribution in [0.2, 0.25) is 0 Å². The van der Waals surface area contributed by atoms with Crippen molar-refractivity contribution >= 4 is 5.91 Å². The molecule has 0 aromatic carbocycles. The molecule has 7 heteroatoms. The van der Waals surface area contributed by atoms with Crippen molar-refractivity contribution in [1.29, 1.82) is 0 Å². The largest absolute Gasteiger partial charge is 0.393 e. The van der Waals surface area contributed by atoms with Gasteiger partial charge in [0.15, 0.2) is 5.82 Å². The third-order valence-electron chi connectivity index (χ3n) is 4.79. The first kappa shape index (κ1) is 15.7. The fraction of sp³-hybridized carbons (Fsp3) is 0.562. The van der Waals surface area contributed by atoms with Gasteiger partial charge in [-0.1, -0.05) is 0 Å². The van der Waals surface area contributed by atoms with E-state index in [0.29, 0.717) is 18.5 Å². The Morgan fingerprint density at radius 1 is 1.48 bits per heavy atom. The molecule has 2 aromatic heterocycles. The molecule has 0 saturated heterocycles. The summed E-state index contributed by atoms with van der Waals surface area (Å²) < 4.78 is 1.92. The molecule has 0 bridgehead atoms. The maximum atomic E-state index is 12.3. The summed E-state index contributed by atoms with van der Waals surface area (Å²) in [4.78, 5) is 16.6. The molecule has 3 atom stereocenters. The van der Waals surface area contributed by atoms with Gasteiger partial charge < -0.3 is 15.0 Å². The third kappa shape index (κ3) is 3.14. The Kier molecular flexibility index (Phi) is 4.21. The molecule has 1 aliphatic carbocycles. The molecule has 3 N–H and O–H groups in total.